The van der Waals surface area contributed by atoms with Gasteiger partial charge in [-0.1, -0.05) is 38.2 Å². The molecule has 0 bridgehead atoms. The highest BCUT2D eigenvalue weighted by atomic mass is 16.3. The molecule has 0 spiro atoms. The average Bonchev–Trinajstić information content (AvgIpc) is 3.50. The number of rotatable bonds is 26. The van der Waals surface area contributed by atoms with Crippen LogP contribution in [-0.4, -0.2) is 132 Å². The first kappa shape index (κ1) is 43.2. The van der Waals surface area contributed by atoms with Gasteiger partial charge >= 0.3 is 0 Å². The van der Waals surface area contributed by atoms with Gasteiger partial charge in [0.1, 0.15) is 5.78 Å². The Morgan fingerprint density at radius 1 is 0.702 bits per heavy atom. The molecule has 1 rings (SSSR count). The van der Waals surface area contributed by atoms with Crippen LogP contribution in [0, 0.1) is 5.92 Å². The van der Waals surface area contributed by atoms with Gasteiger partial charge in [-0.2, -0.15) is 0 Å². The summed E-state index contributed by atoms with van der Waals surface area (Å²) in [5.74, 6) is -0.341. The van der Waals surface area contributed by atoms with E-state index in [-0.39, 0.29) is 81.4 Å². The van der Waals surface area contributed by atoms with Crippen molar-refractivity contribution in [3.63, 3.8) is 0 Å². The zero-order valence-corrected chi connectivity index (χ0v) is 28.1. The molecule has 1 fully saturated rings. The van der Waals surface area contributed by atoms with Gasteiger partial charge in [0, 0.05) is 31.7 Å². The van der Waals surface area contributed by atoms with Crippen LogP contribution in [0.5, 0.6) is 0 Å². The van der Waals surface area contributed by atoms with Crippen LogP contribution in [0.25, 0.3) is 0 Å². The molecule has 11 N–H and O–H groups in total. The van der Waals surface area contributed by atoms with Gasteiger partial charge in [-0.15, -0.1) is 0 Å². The summed E-state index contributed by atoms with van der Waals surface area (Å²) < 4.78 is 0. The number of aliphatic hydroxyl groups is 9. The lowest BCUT2D eigenvalue weighted by Gasteiger charge is -2.19. The molecule has 1 aliphatic heterocycles. The minimum absolute atomic E-state index is 0.0270. The van der Waals surface area contributed by atoms with Crippen molar-refractivity contribution in [3.05, 3.63) is 24.3 Å². The third-order valence-corrected chi connectivity index (χ3v) is 8.21. The average molecular weight is 675 g/mol. The molecule has 0 aliphatic carbocycles. The molecule has 13 nitrogen and oxygen atoms in total. The Kier molecular flexibility index (Phi) is 22.4. The molecular weight excluding hydrogens is 612 g/mol. The number of hydrogen-bond donors (Lipinski definition) is 11. The maximum Gasteiger partial charge on any atom is 0.237 e. The summed E-state index contributed by atoms with van der Waals surface area (Å²) in [5.41, 5.74) is 0. The van der Waals surface area contributed by atoms with Crippen molar-refractivity contribution in [2.24, 2.45) is 5.92 Å². The third kappa shape index (κ3) is 21.7. The van der Waals surface area contributed by atoms with Gasteiger partial charge in [-0.25, -0.2) is 0 Å². The maximum atomic E-state index is 12.0. The molecule has 1 saturated heterocycles. The lowest BCUT2D eigenvalue weighted by molar-refractivity contribution is -0.124. The van der Waals surface area contributed by atoms with Crippen LogP contribution in [0.3, 0.4) is 0 Å². The summed E-state index contributed by atoms with van der Waals surface area (Å²) in [5, 5.41) is 97.3. The van der Waals surface area contributed by atoms with E-state index in [4.69, 9.17) is 0 Å². The molecule has 10 unspecified atom stereocenters. The zero-order chi connectivity index (χ0) is 35.4. The van der Waals surface area contributed by atoms with E-state index >= 15 is 0 Å². The van der Waals surface area contributed by atoms with Crippen LogP contribution >= 0.6 is 0 Å². The van der Waals surface area contributed by atoms with E-state index in [0.717, 1.165) is 19.4 Å². The van der Waals surface area contributed by atoms with E-state index in [2.05, 4.69) is 10.6 Å². The Hall–Kier alpha value is -1.78. The Labute approximate surface area is 279 Å². The van der Waals surface area contributed by atoms with Crippen molar-refractivity contribution in [1.29, 1.82) is 0 Å². The third-order valence-electron chi connectivity index (χ3n) is 8.21. The molecule has 1 heterocycles. The number of carbonyl (C=O) groups excluding carboxylic acids is 2. The van der Waals surface area contributed by atoms with Gasteiger partial charge in [0.15, 0.2) is 0 Å². The molecule has 1 aliphatic rings. The van der Waals surface area contributed by atoms with Gasteiger partial charge in [-0.05, 0) is 70.8 Å². The molecule has 0 aromatic rings. The molecule has 13 heteroatoms. The second-order valence-corrected chi connectivity index (χ2v) is 13.4. The quantitative estimate of drug-likeness (QED) is 0.0420. The number of Topliss-reactive ketones (excluding diaryl/α,β-unsaturated/α-hetero) is 1. The SMILES string of the molecule is CC(C)C(=O)CC(O)CC(O)CC(O)C=CCC(O)CC(O)CC(O)CC(O)C=CCC(O)CC(O)CCCNC(=O)C1CCCN1. The van der Waals surface area contributed by atoms with E-state index in [1.165, 1.54) is 18.2 Å². The molecule has 47 heavy (non-hydrogen) atoms. The molecule has 0 aromatic carbocycles. The summed E-state index contributed by atoms with van der Waals surface area (Å²) in [6.07, 6.45) is 0.264. The first-order valence-corrected chi connectivity index (χ1v) is 17.2. The van der Waals surface area contributed by atoms with Crippen molar-refractivity contribution in [2.75, 3.05) is 13.1 Å². The number of ketones is 1. The van der Waals surface area contributed by atoms with Crippen molar-refractivity contribution in [3.8, 4) is 0 Å². The van der Waals surface area contributed by atoms with E-state index in [0.29, 0.717) is 19.4 Å². The molecule has 0 aromatic heterocycles. The van der Waals surface area contributed by atoms with Crippen molar-refractivity contribution in [1.82, 2.24) is 10.6 Å². The lowest BCUT2D eigenvalue weighted by atomic mass is 9.97. The number of carbonyl (C=O) groups is 2. The summed E-state index contributed by atoms with van der Waals surface area (Å²) in [6.45, 7) is 4.76. The summed E-state index contributed by atoms with van der Waals surface area (Å²) >= 11 is 0. The molecule has 274 valence electrons. The second-order valence-electron chi connectivity index (χ2n) is 13.4. The number of aliphatic hydroxyl groups excluding tert-OH is 9. The van der Waals surface area contributed by atoms with Crippen molar-refractivity contribution in [2.45, 2.75) is 158 Å². The topological polar surface area (TPSA) is 240 Å². The smallest absolute Gasteiger partial charge is 0.237 e. The van der Waals surface area contributed by atoms with Gasteiger partial charge in [0.05, 0.1) is 61.0 Å². The van der Waals surface area contributed by atoms with Crippen LogP contribution < -0.4 is 10.6 Å². The Bertz CT molecular complexity index is 913. The Morgan fingerprint density at radius 3 is 1.70 bits per heavy atom. The fraction of sp³-hybridized carbons (Fsp3) is 0.824. The van der Waals surface area contributed by atoms with Crippen molar-refractivity contribution >= 4 is 11.7 Å². The molecule has 0 saturated carbocycles. The number of amides is 1. The molecule has 0 radical (unpaired) electrons. The predicted molar refractivity (Wildman–Crippen MR) is 177 cm³/mol. The molecular formula is C34H62N2O11. The van der Waals surface area contributed by atoms with Gasteiger partial charge in [0.25, 0.3) is 0 Å². The largest absolute Gasteiger partial charge is 0.393 e. The van der Waals surface area contributed by atoms with E-state index in [1.54, 1.807) is 19.9 Å². The second kappa shape index (κ2) is 24.4. The fourth-order valence-electron chi connectivity index (χ4n) is 5.49. The van der Waals surface area contributed by atoms with E-state index < -0.39 is 54.9 Å². The van der Waals surface area contributed by atoms with Crippen LogP contribution in [0.4, 0.5) is 0 Å². The number of hydrogen-bond acceptors (Lipinski definition) is 12. The maximum absolute atomic E-state index is 12.0. The minimum atomic E-state index is -1.04. The molecule has 1 amide bonds. The normalized spacial score (nSPS) is 21.4. The number of nitrogens with one attached hydrogen (secondary N) is 2. The Morgan fingerprint density at radius 2 is 1.19 bits per heavy atom. The van der Waals surface area contributed by atoms with Crippen LogP contribution in [0.2, 0.25) is 0 Å². The highest BCUT2D eigenvalue weighted by molar-refractivity contribution is 5.82. The summed E-state index contributed by atoms with van der Waals surface area (Å²) in [7, 11) is 0. The first-order chi connectivity index (χ1) is 22.2. The van der Waals surface area contributed by atoms with Gasteiger partial charge < -0.3 is 56.6 Å². The first-order valence-electron chi connectivity index (χ1n) is 17.2. The lowest BCUT2D eigenvalue weighted by Crippen LogP contribution is -2.40. The zero-order valence-electron chi connectivity index (χ0n) is 28.1. The van der Waals surface area contributed by atoms with Crippen LogP contribution in [0.1, 0.15) is 97.3 Å². The minimum Gasteiger partial charge on any atom is -0.393 e. The van der Waals surface area contributed by atoms with Gasteiger partial charge in [-0.3, -0.25) is 9.59 Å². The van der Waals surface area contributed by atoms with Crippen LogP contribution in [-0.2, 0) is 9.59 Å². The predicted octanol–water partition coefficient (Wildman–Crippen LogP) is -0.269. The van der Waals surface area contributed by atoms with Gasteiger partial charge in [0.2, 0.25) is 5.91 Å². The fourth-order valence-corrected chi connectivity index (χ4v) is 5.49. The summed E-state index contributed by atoms with van der Waals surface area (Å²) in [4.78, 5) is 23.7. The monoisotopic (exact) mass is 674 g/mol. The molecule has 10 atom stereocenters. The van der Waals surface area contributed by atoms with E-state index in [9.17, 15) is 55.5 Å². The van der Waals surface area contributed by atoms with Crippen LogP contribution in [0.15, 0.2) is 24.3 Å². The van der Waals surface area contributed by atoms with Crippen molar-refractivity contribution < 1.29 is 55.5 Å². The highest BCUT2D eigenvalue weighted by Gasteiger charge is 2.22. The Balaban J connectivity index is 2.20. The van der Waals surface area contributed by atoms with E-state index in [1.807, 2.05) is 0 Å². The standard InChI is InChI=1S/C34H62N2O11/c1-22(2)33(46)21-31(45)20-30(44)18-26(40)10-4-9-25(39)17-29(43)19-28(42)16-24(38)8-3-7-23(37)15-27(41)11-5-14-36-34(47)32-12-6-13-35-32/h3-4,8,10,22-32,35,37-45H,5-7,9,11-21H2,1-2H3,(H,36,47). The highest BCUT2D eigenvalue weighted by Crippen LogP contribution is 2.15. The summed E-state index contributed by atoms with van der Waals surface area (Å²) in [6, 6.07) is -0.139.